The van der Waals surface area contributed by atoms with Crippen molar-refractivity contribution in [1.82, 2.24) is 4.90 Å². The van der Waals surface area contributed by atoms with Gasteiger partial charge in [0.25, 0.3) is 0 Å². The highest BCUT2D eigenvalue weighted by Gasteiger charge is 2.19. The van der Waals surface area contributed by atoms with E-state index in [2.05, 4.69) is 18.7 Å². The Morgan fingerprint density at radius 2 is 1.89 bits per heavy atom. The minimum Gasteiger partial charge on any atom is -0.303 e. The van der Waals surface area contributed by atoms with E-state index in [9.17, 15) is 0 Å². The molecule has 1 aliphatic heterocycles. The lowest BCUT2D eigenvalue weighted by atomic mass is 10.0. The molecule has 0 N–H and O–H groups in total. The minimum atomic E-state index is 0.972. The zero-order valence-electron chi connectivity index (χ0n) is 5.90. The van der Waals surface area contributed by atoms with Crippen LogP contribution >= 0.6 is 0 Å². The Hall–Kier alpha value is -0.180. The van der Waals surface area contributed by atoms with Crippen LogP contribution in [0.2, 0.25) is 0 Å². The van der Waals surface area contributed by atoms with Crippen LogP contribution in [-0.4, -0.2) is 24.5 Å². The Labute approximate surface area is 54.5 Å². The fourth-order valence-corrected chi connectivity index (χ4v) is 1.09. The van der Waals surface area contributed by atoms with Gasteiger partial charge in [-0.15, -0.1) is 0 Å². The van der Waals surface area contributed by atoms with Gasteiger partial charge in [0.15, 0.2) is 0 Å². The molecule has 0 bridgehead atoms. The van der Waals surface area contributed by atoms with E-state index in [4.69, 9.17) is 9.15 Å². The van der Waals surface area contributed by atoms with Gasteiger partial charge in [-0.25, -0.2) is 0 Å². The van der Waals surface area contributed by atoms with Crippen molar-refractivity contribution in [2.45, 2.75) is 13.8 Å². The first-order chi connectivity index (χ1) is 4.33. The minimum absolute atomic E-state index is 0.972. The molecule has 0 aromatic carbocycles. The Balaban J connectivity index is 0.000000291. The molecule has 0 unspecified atom stereocenters. The van der Waals surface area contributed by atoms with Crippen LogP contribution in [-0.2, 0) is 0 Å². The second-order valence-corrected chi connectivity index (χ2v) is 2.46. The molecule has 0 saturated carbocycles. The Morgan fingerprint density at radius 3 is 2.00 bits per heavy atom. The normalized spacial score (nSPS) is 20.0. The van der Waals surface area contributed by atoms with Crippen LogP contribution in [0.1, 0.15) is 13.8 Å². The summed E-state index contributed by atoms with van der Waals surface area (Å²) >= 11 is 0. The van der Waals surface area contributed by atoms with Gasteiger partial charge < -0.3 is 4.90 Å². The number of halogens is 2. The van der Waals surface area contributed by atoms with E-state index >= 15 is 0 Å². The van der Waals surface area contributed by atoms with Gasteiger partial charge in [0, 0.05) is 22.2 Å². The largest absolute Gasteiger partial charge is 0.303 e. The van der Waals surface area contributed by atoms with E-state index in [0.717, 1.165) is 5.92 Å². The smallest absolute Gasteiger partial charge is 0.00192 e. The van der Waals surface area contributed by atoms with E-state index in [1.54, 1.807) is 0 Å². The molecule has 0 amide bonds. The van der Waals surface area contributed by atoms with Gasteiger partial charge in [-0.1, -0.05) is 13.8 Å². The van der Waals surface area contributed by atoms with E-state index in [0.29, 0.717) is 0 Å². The molecule has 1 nitrogen and oxygen atoms in total. The Morgan fingerprint density at radius 1 is 1.44 bits per heavy atom. The summed E-state index contributed by atoms with van der Waals surface area (Å²) in [5.41, 5.74) is 0. The van der Waals surface area contributed by atoms with Crippen LogP contribution in [0.3, 0.4) is 0 Å². The predicted molar refractivity (Wildman–Crippen MR) is 33.5 cm³/mol. The van der Waals surface area contributed by atoms with Gasteiger partial charge >= 0.3 is 0 Å². The first-order valence-electron chi connectivity index (χ1n) is 3.19. The third-order valence-electron chi connectivity index (χ3n) is 1.59. The van der Waals surface area contributed by atoms with E-state index in [1.165, 1.54) is 19.6 Å². The van der Waals surface area contributed by atoms with Crippen LogP contribution in [0.15, 0.2) is 0 Å². The van der Waals surface area contributed by atoms with Crippen molar-refractivity contribution in [3.63, 3.8) is 0 Å². The second-order valence-electron chi connectivity index (χ2n) is 2.46. The molecule has 3 heteroatoms. The SMILES string of the molecule is CCN1CC(C)C1.FF. The summed E-state index contributed by atoms with van der Waals surface area (Å²) in [5.74, 6) is 0.972. The summed E-state index contributed by atoms with van der Waals surface area (Å²) in [7, 11) is 0. The van der Waals surface area contributed by atoms with Gasteiger partial charge in [0.1, 0.15) is 0 Å². The van der Waals surface area contributed by atoms with Gasteiger partial charge in [-0.2, -0.15) is 0 Å². The summed E-state index contributed by atoms with van der Waals surface area (Å²) < 4.78 is 16.0. The maximum absolute atomic E-state index is 8.00. The molecular formula is C6H13F2N. The lowest BCUT2D eigenvalue weighted by Gasteiger charge is -2.35. The fourth-order valence-electron chi connectivity index (χ4n) is 1.09. The lowest BCUT2D eigenvalue weighted by Crippen LogP contribution is -2.44. The number of hydrogen-bond acceptors (Lipinski definition) is 1. The fraction of sp³-hybridized carbons (Fsp3) is 1.00. The second kappa shape index (κ2) is 4.68. The van der Waals surface area contributed by atoms with Crippen LogP contribution < -0.4 is 0 Å². The molecule has 0 radical (unpaired) electrons. The van der Waals surface area contributed by atoms with Crippen molar-refractivity contribution in [1.29, 1.82) is 0 Å². The first-order valence-corrected chi connectivity index (χ1v) is 3.19. The number of likely N-dealkylation sites (tertiary alicyclic amines) is 1. The van der Waals surface area contributed by atoms with Crippen molar-refractivity contribution in [2.75, 3.05) is 19.6 Å². The van der Waals surface area contributed by atoms with E-state index in [1.807, 2.05) is 0 Å². The molecule has 9 heavy (non-hydrogen) atoms. The van der Waals surface area contributed by atoms with Crippen LogP contribution in [0.5, 0.6) is 0 Å². The van der Waals surface area contributed by atoms with Gasteiger partial charge in [0.2, 0.25) is 0 Å². The molecule has 56 valence electrons. The van der Waals surface area contributed by atoms with Crippen molar-refractivity contribution in [2.24, 2.45) is 5.92 Å². The zero-order chi connectivity index (χ0) is 7.28. The summed E-state index contributed by atoms with van der Waals surface area (Å²) in [6, 6.07) is 0. The van der Waals surface area contributed by atoms with Gasteiger partial charge in [-0.3, -0.25) is 0 Å². The third kappa shape index (κ3) is 2.75. The molecule has 1 fully saturated rings. The molecule has 0 aromatic heterocycles. The van der Waals surface area contributed by atoms with Crippen molar-refractivity contribution >= 4 is 0 Å². The van der Waals surface area contributed by atoms with Crippen molar-refractivity contribution < 1.29 is 9.15 Å². The molecule has 0 spiro atoms. The number of nitrogens with zero attached hydrogens (tertiary/aromatic N) is 1. The number of hydrogen-bond donors (Lipinski definition) is 0. The summed E-state index contributed by atoms with van der Waals surface area (Å²) in [4.78, 5) is 2.45. The predicted octanol–water partition coefficient (Wildman–Crippen LogP) is 1.80. The topological polar surface area (TPSA) is 3.24 Å². The molecular weight excluding hydrogens is 124 g/mol. The average Bonchev–Trinajstić information content (AvgIpc) is 1.86. The first kappa shape index (κ1) is 8.82. The maximum atomic E-state index is 8.00. The summed E-state index contributed by atoms with van der Waals surface area (Å²) in [5, 5.41) is 0. The maximum Gasteiger partial charge on any atom is 0.00192 e. The third-order valence-corrected chi connectivity index (χ3v) is 1.59. The summed E-state index contributed by atoms with van der Waals surface area (Å²) in [6.45, 7) is 8.41. The quantitative estimate of drug-likeness (QED) is 0.532. The molecule has 1 aliphatic rings. The van der Waals surface area contributed by atoms with Crippen LogP contribution in [0.25, 0.3) is 0 Å². The van der Waals surface area contributed by atoms with E-state index in [-0.39, 0.29) is 0 Å². The molecule has 1 saturated heterocycles. The summed E-state index contributed by atoms with van der Waals surface area (Å²) in [6.07, 6.45) is 0. The lowest BCUT2D eigenvalue weighted by molar-refractivity contribution is 0.108. The van der Waals surface area contributed by atoms with E-state index < -0.39 is 0 Å². The highest BCUT2D eigenvalue weighted by atomic mass is 20.0. The van der Waals surface area contributed by atoms with Crippen LogP contribution in [0.4, 0.5) is 9.15 Å². The standard InChI is InChI=1S/C6H13N.F2/c1-3-7-4-6(2)5-7;1-2/h6H,3-5H2,1-2H3;. The molecule has 0 aliphatic carbocycles. The van der Waals surface area contributed by atoms with Gasteiger partial charge in [0.05, 0.1) is 0 Å². The molecule has 1 heterocycles. The highest BCUT2D eigenvalue weighted by molar-refractivity contribution is 4.73. The zero-order valence-corrected chi connectivity index (χ0v) is 5.90. The highest BCUT2D eigenvalue weighted by Crippen LogP contribution is 2.11. The molecule has 0 aromatic rings. The Bertz CT molecular complexity index is 62.1. The Kier molecular flexibility index (Phi) is 4.58. The van der Waals surface area contributed by atoms with Crippen molar-refractivity contribution in [3.05, 3.63) is 0 Å². The van der Waals surface area contributed by atoms with Crippen molar-refractivity contribution in [3.8, 4) is 0 Å². The molecule has 1 rings (SSSR count). The van der Waals surface area contributed by atoms with Crippen LogP contribution in [0, 0.1) is 5.92 Å². The average molecular weight is 137 g/mol. The number of rotatable bonds is 1. The monoisotopic (exact) mass is 137 g/mol. The molecule has 0 atom stereocenters. The van der Waals surface area contributed by atoms with Gasteiger partial charge in [-0.05, 0) is 12.5 Å².